The Bertz CT molecular complexity index is 525. The highest BCUT2D eigenvalue weighted by Gasteiger charge is 2.17. The molecule has 0 saturated heterocycles. The fourth-order valence-corrected chi connectivity index (χ4v) is 1.75. The van der Waals surface area contributed by atoms with E-state index < -0.39 is 0 Å². The number of nitrogen functional groups attached to an aromatic ring is 2. The van der Waals surface area contributed by atoms with Gasteiger partial charge in [-0.2, -0.15) is 0 Å². The molecule has 2 aromatic rings. The Morgan fingerprint density at radius 3 is 2.22 bits per heavy atom. The normalized spacial score (nSPS) is 12.9. The molecule has 18 heavy (non-hydrogen) atoms. The molecule has 6 nitrogen and oxygen atoms in total. The molecule has 1 heterocycles. The maximum atomic E-state index is 5.79. The lowest BCUT2D eigenvalue weighted by atomic mass is 10.1. The van der Waals surface area contributed by atoms with E-state index in [1.165, 1.54) is 0 Å². The lowest BCUT2D eigenvalue weighted by Crippen LogP contribution is -2.14. The van der Waals surface area contributed by atoms with Gasteiger partial charge in [0.25, 0.3) is 0 Å². The molecule has 0 spiro atoms. The molecule has 1 aromatic carbocycles. The van der Waals surface area contributed by atoms with Gasteiger partial charge < -0.3 is 11.5 Å². The average Bonchev–Trinajstić information content (AvgIpc) is 2.75. The zero-order valence-corrected chi connectivity index (χ0v) is 10.8. The van der Waals surface area contributed by atoms with Gasteiger partial charge in [0.05, 0.1) is 6.04 Å². The van der Waals surface area contributed by atoms with Gasteiger partial charge in [0, 0.05) is 16.9 Å². The average molecular weight is 246 g/mol. The van der Waals surface area contributed by atoms with Crippen molar-refractivity contribution in [2.75, 3.05) is 11.5 Å². The van der Waals surface area contributed by atoms with Crippen LogP contribution in [0.15, 0.2) is 18.2 Å². The lowest BCUT2D eigenvalue weighted by Gasteiger charge is -2.17. The molecular weight excluding hydrogens is 228 g/mol. The van der Waals surface area contributed by atoms with Gasteiger partial charge in [-0.1, -0.05) is 13.8 Å². The Balaban J connectivity index is 2.48. The third-order valence-electron chi connectivity index (χ3n) is 3.08. The number of nitrogens with zero attached hydrogens (tertiary/aromatic N) is 4. The first-order valence-electron chi connectivity index (χ1n) is 5.93. The first kappa shape index (κ1) is 12.3. The number of tetrazole rings is 1. The zero-order valence-electron chi connectivity index (χ0n) is 10.8. The summed E-state index contributed by atoms with van der Waals surface area (Å²) < 4.78 is 1.80. The van der Waals surface area contributed by atoms with Crippen LogP contribution in [0.5, 0.6) is 0 Å². The number of aromatic nitrogens is 4. The van der Waals surface area contributed by atoms with E-state index in [0.717, 1.165) is 5.56 Å². The molecule has 2 rings (SSSR count). The molecule has 4 N–H and O–H groups in total. The molecule has 0 aliphatic carbocycles. The molecule has 0 amide bonds. The summed E-state index contributed by atoms with van der Waals surface area (Å²) in [5.41, 5.74) is 13.6. The van der Waals surface area contributed by atoms with Gasteiger partial charge in [-0.05, 0) is 41.5 Å². The van der Waals surface area contributed by atoms with Crippen LogP contribution in [0.4, 0.5) is 11.4 Å². The fraction of sp³-hybridized carbons (Fsp3) is 0.417. The Morgan fingerprint density at radius 2 is 1.67 bits per heavy atom. The molecule has 1 aromatic heterocycles. The second kappa shape index (κ2) is 4.64. The maximum Gasteiger partial charge on any atom is 0.182 e. The zero-order chi connectivity index (χ0) is 13.3. The van der Waals surface area contributed by atoms with Crippen molar-refractivity contribution >= 4 is 11.4 Å². The molecule has 96 valence electrons. The van der Waals surface area contributed by atoms with Crippen LogP contribution < -0.4 is 11.5 Å². The molecule has 0 radical (unpaired) electrons. The van der Waals surface area contributed by atoms with E-state index in [0.29, 0.717) is 23.1 Å². The van der Waals surface area contributed by atoms with E-state index in [2.05, 4.69) is 36.3 Å². The number of anilines is 2. The minimum absolute atomic E-state index is 0.206. The number of nitrogens with two attached hydrogens (primary N) is 2. The van der Waals surface area contributed by atoms with Gasteiger partial charge in [-0.15, -0.1) is 5.10 Å². The molecule has 1 unspecified atom stereocenters. The predicted octanol–water partition coefficient (Wildman–Crippen LogP) is 1.72. The molecular formula is C12H18N6. The van der Waals surface area contributed by atoms with Crippen molar-refractivity contribution < 1.29 is 0 Å². The maximum absolute atomic E-state index is 5.79. The summed E-state index contributed by atoms with van der Waals surface area (Å²) in [5, 5.41) is 11.9. The van der Waals surface area contributed by atoms with Crippen LogP contribution in [0.2, 0.25) is 0 Å². The standard InChI is InChI=1S/C12H18N6/c1-7(2)8(3)18-12(15-16-17-18)9-4-10(13)6-11(14)5-9/h4-8H,13-14H2,1-3H3. The van der Waals surface area contributed by atoms with Crippen LogP contribution in [0.1, 0.15) is 26.8 Å². The summed E-state index contributed by atoms with van der Waals surface area (Å²) in [7, 11) is 0. The van der Waals surface area contributed by atoms with Crippen LogP contribution in [-0.2, 0) is 0 Å². The Kier molecular flexibility index (Phi) is 3.18. The smallest absolute Gasteiger partial charge is 0.182 e. The van der Waals surface area contributed by atoms with Gasteiger partial charge in [-0.3, -0.25) is 0 Å². The van der Waals surface area contributed by atoms with E-state index in [9.17, 15) is 0 Å². The Hall–Kier alpha value is -2.11. The van der Waals surface area contributed by atoms with Gasteiger partial charge in [0.1, 0.15) is 0 Å². The summed E-state index contributed by atoms with van der Waals surface area (Å²) in [6.45, 7) is 6.34. The minimum Gasteiger partial charge on any atom is -0.399 e. The summed E-state index contributed by atoms with van der Waals surface area (Å²) in [5.74, 6) is 1.13. The third-order valence-corrected chi connectivity index (χ3v) is 3.08. The van der Waals surface area contributed by atoms with Crippen molar-refractivity contribution in [3.8, 4) is 11.4 Å². The molecule has 0 saturated carbocycles. The Labute approximate surface area is 106 Å². The van der Waals surface area contributed by atoms with Crippen molar-refractivity contribution in [3.05, 3.63) is 18.2 Å². The number of hydrogen-bond acceptors (Lipinski definition) is 5. The van der Waals surface area contributed by atoms with Crippen LogP contribution >= 0.6 is 0 Å². The molecule has 6 heteroatoms. The van der Waals surface area contributed by atoms with E-state index in [1.807, 2.05) is 12.1 Å². The van der Waals surface area contributed by atoms with Gasteiger partial charge in [-0.25, -0.2) is 4.68 Å². The van der Waals surface area contributed by atoms with Gasteiger partial charge in [0.15, 0.2) is 5.82 Å². The quantitative estimate of drug-likeness (QED) is 0.804. The third kappa shape index (κ3) is 2.27. The highest BCUT2D eigenvalue weighted by molar-refractivity contribution is 5.67. The predicted molar refractivity (Wildman–Crippen MR) is 71.6 cm³/mol. The number of benzene rings is 1. The fourth-order valence-electron chi connectivity index (χ4n) is 1.75. The van der Waals surface area contributed by atoms with E-state index >= 15 is 0 Å². The van der Waals surface area contributed by atoms with Crippen molar-refractivity contribution in [2.45, 2.75) is 26.8 Å². The van der Waals surface area contributed by atoms with Crippen LogP contribution in [0, 0.1) is 5.92 Å². The van der Waals surface area contributed by atoms with Crippen LogP contribution in [0.25, 0.3) is 11.4 Å². The SMILES string of the molecule is CC(C)C(C)n1nnnc1-c1cc(N)cc(N)c1. The highest BCUT2D eigenvalue weighted by atomic mass is 15.5. The summed E-state index contributed by atoms with van der Waals surface area (Å²) in [6.07, 6.45) is 0. The molecule has 0 aliphatic heterocycles. The molecule has 1 atom stereocenters. The van der Waals surface area contributed by atoms with Crippen LogP contribution in [-0.4, -0.2) is 20.2 Å². The molecule has 0 bridgehead atoms. The molecule has 0 fully saturated rings. The summed E-state index contributed by atoms with van der Waals surface area (Å²) in [6, 6.07) is 5.57. The van der Waals surface area contributed by atoms with Crippen LogP contribution in [0.3, 0.4) is 0 Å². The van der Waals surface area contributed by atoms with Crippen molar-refractivity contribution in [2.24, 2.45) is 5.92 Å². The van der Waals surface area contributed by atoms with E-state index in [1.54, 1.807) is 10.7 Å². The largest absolute Gasteiger partial charge is 0.399 e. The van der Waals surface area contributed by atoms with E-state index in [4.69, 9.17) is 11.5 Å². The lowest BCUT2D eigenvalue weighted by molar-refractivity contribution is 0.371. The van der Waals surface area contributed by atoms with Gasteiger partial charge >= 0.3 is 0 Å². The second-order valence-corrected chi connectivity index (χ2v) is 4.82. The monoisotopic (exact) mass is 246 g/mol. The summed E-state index contributed by atoms with van der Waals surface area (Å²) >= 11 is 0. The number of rotatable bonds is 3. The van der Waals surface area contributed by atoms with E-state index in [-0.39, 0.29) is 6.04 Å². The second-order valence-electron chi connectivity index (χ2n) is 4.82. The van der Waals surface area contributed by atoms with Crippen molar-refractivity contribution in [1.29, 1.82) is 0 Å². The minimum atomic E-state index is 0.206. The van der Waals surface area contributed by atoms with Crippen molar-refractivity contribution in [1.82, 2.24) is 20.2 Å². The first-order chi connectivity index (χ1) is 8.49. The number of hydrogen-bond donors (Lipinski definition) is 2. The first-order valence-corrected chi connectivity index (χ1v) is 5.93. The van der Waals surface area contributed by atoms with Gasteiger partial charge in [0.2, 0.25) is 0 Å². The Morgan fingerprint density at radius 1 is 1.06 bits per heavy atom. The topological polar surface area (TPSA) is 95.6 Å². The molecule has 0 aliphatic rings. The summed E-state index contributed by atoms with van der Waals surface area (Å²) in [4.78, 5) is 0. The highest BCUT2D eigenvalue weighted by Crippen LogP contribution is 2.26. The van der Waals surface area contributed by atoms with Crippen molar-refractivity contribution in [3.63, 3.8) is 0 Å².